The van der Waals surface area contributed by atoms with Gasteiger partial charge in [0.2, 0.25) is 17.7 Å². The number of aromatic nitrogens is 2. The molecule has 1 aliphatic carbocycles. The van der Waals surface area contributed by atoms with Crippen LogP contribution in [0.1, 0.15) is 31.2 Å². The molecule has 28 heavy (non-hydrogen) atoms. The monoisotopic (exact) mass is 444 g/mol. The first kappa shape index (κ1) is 18.9. The molecule has 1 aliphatic heterocycles. The van der Waals surface area contributed by atoms with Crippen LogP contribution >= 0.6 is 15.9 Å². The summed E-state index contributed by atoms with van der Waals surface area (Å²) in [6, 6.07) is 9.54. The Balaban J connectivity index is 1.41. The number of carbonyl (C=O) groups excluding carboxylic acids is 3. The Kier molecular flexibility index (Phi) is 5.30. The first-order chi connectivity index (χ1) is 13.5. The summed E-state index contributed by atoms with van der Waals surface area (Å²) in [5.74, 6) is -0.738. The molecule has 4 rings (SSSR count). The van der Waals surface area contributed by atoms with Crippen molar-refractivity contribution >= 4 is 39.5 Å². The Bertz CT molecular complexity index is 884. The van der Waals surface area contributed by atoms with Crippen molar-refractivity contribution in [1.29, 1.82) is 0 Å². The summed E-state index contributed by atoms with van der Waals surface area (Å²) in [5, 5.41) is 7.03. The minimum Gasteiger partial charge on any atom is -0.309 e. The van der Waals surface area contributed by atoms with E-state index in [0.717, 1.165) is 40.6 Å². The summed E-state index contributed by atoms with van der Waals surface area (Å²) in [4.78, 5) is 38.7. The van der Waals surface area contributed by atoms with Gasteiger partial charge >= 0.3 is 0 Å². The number of anilines is 1. The van der Waals surface area contributed by atoms with Crippen LogP contribution in [0, 0.1) is 11.8 Å². The van der Waals surface area contributed by atoms with Gasteiger partial charge in [-0.25, -0.2) is 4.68 Å². The largest absolute Gasteiger partial charge is 0.309 e. The van der Waals surface area contributed by atoms with Crippen LogP contribution in [0.15, 0.2) is 41.0 Å². The lowest BCUT2D eigenvalue weighted by Crippen LogP contribution is -2.38. The average molecular weight is 445 g/mol. The normalized spacial score (nSPS) is 21.7. The van der Waals surface area contributed by atoms with Crippen molar-refractivity contribution in [2.75, 3.05) is 11.9 Å². The van der Waals surface area contributed by atoms with Gasteiger partial charge in [-0.3, -0.25) is 19.3 Å². The zero-order valence-corrected chi connectivity index (χ0v) is 16.9. The summed E-state index contributed by atoms with van der Waals surface area (Å²) < 4.78 is 2.67. The van der Waals surface area contributed by atoms with Gasteiger partial charge in [-0.05, 0) is 30.5 Å². The molecule has 1 N–H and O–H groups in total. The number of hydrogen-bond acceptors (Lipinski definition) is 4. The van der Waals surface area contributed by atoms with E-state index in [2.05, 4.69) is 26.3 Å². The van der Waals surface area contributed by atoms with Gasteiger partial charge in [-0.15, -0.1) is 0 Å². The first-order valence-corrected chi connectivity index (χ1v) is 10.2. The summed E-state index contributed by atoms with van der Waals surface area (Å²) >= 11 is 3.41. The molecular formula is C20H21BrN4O3. The molecule has 1 aromatic heterocycles. The summed E-state index contributed by atoms with van der Waals surface area (Å²) in [5.41, 5.74) is 1.04. The molecule has 1 aromatic carbocycles. The van der Waals surface area contributed by atoms with Crippen molar-refractivity contribution in [2.45, 2.75) is 32.2 Å². The van der Waals surface area contributed by atoms with E-state index in [4.69, 9.17) is 0 Å². The van der Waals surface area contributed by atoms with Gasteiger partial charge in [-0.2, -0.15) is 5.10 Å². The highest BCUT2D eigenvalue weighted by Crippen LogP contribution is 2.37. The smallest absolute Gasteiger partial charge is 0.245 e. The van der Waals surface area contributed by atoms with Crippen LogP contribution in [-0.2, 0) is 20.9 Å². The molecule has 2 atom stereocenters. The van der Waals surface area contributed by atoms with Gasteiger partial charge in [0.1, 0.15) is 12.4 Å². The van der Waals surface area contributed by atoms with E-state index >= 15 is 0 Å². The van der Waals surface area contributed by atoms with E-state index < -0.39 is 5.91 Å². The van der Waals surface area contributed by atoms with Crippen molar-refractivity contribution in [1.82, 2.24) is 14.7 Å². The predicted octanol–water partition coefficient (Wildman–Crippen LogP) is 2.81. The molecule has 2 aliphatic rings. The molecule has 0 unspecified atom stereocenters. The maximum atomic E-state index is 12.5. The van der Waals surface area contributed by atoms with Gasteiger partial charge in [-0.1, -0.05) is 40.9 Å². The number of imide groups is 1. The number of halogens is 1. The molecule has 2 aromatic rings. The highest BCUT2D eigenvalue weighted by molar-refractivity contribution is 9.10. The maximum absolute atomic E-state index is 12.5. The van der Waals surface area contributed by atoms with Crippen molar-refractivity contribution in [2.24, 2.45) is 11.8 Å². The highest BCUT2D eigenvalue weighted by atomic mass is 79.9. The van der Waals surface area contributed by atoms with Crippen LogP contribution in [0.3, 0.4) is 0 Å². The fourth-order valence-electron chi connectivity index (χ4n) is 4.04. The molecule has 8 heteroatoms. The van der Waals surface area contributed by atoms with Crippen molar-refractivity contribution in [3.05, 3.63) is 46.6 Å². The SMILES string of the molecule is O=C(CN1C(=O)[C@H]2CCCC[C@@H]2C1=O)Nc1ccnn1Cc1ccc(Br)cc1. The van der Waals surface area contributed by atoms with E-state index in [9.17, 15) is 14.4 Å². The molecule has 146 valence electrons. The predicted molar refractivity (Wildman–Crippen MR) is 106 cm³/mol. The quantitative estimate of drug-likeness (QED) is 0.718. The van der Waals surface area contributed by atoms with Crippen molar-refractivity contribution in [3.63, 3.8) is 0 Å². The Labute approximate surface area is 171 Å². The second kappa shape index (κ2) is 7.87. The van der Waals surface area contributed by atoms with Crippen molar-refractivity contribution in [3.8, 4) is 0 Å². The lowest BCUT2D eigenvalue weighted by molar-refractivity contribution is -0.142. The molecule has 0 radical (unpaired) electrons. The van der Waals surface area contributed by atoms with Crippen LogP contribution in [0.2, 0.25) is 0 Å². The topological polar surface area (TPSA) is 84.3 Å². The van der Waals surface area contributed by atoms with Crippen LogP contribution in [0.5, 0.6) is 0 Å². The van der Waals surface area contributed by atoms with E-state index in [-0.39, 0.29) is 30.2 Å². The van der Waals surface area contributed by atoms with Crippen LogP contribution in [0.25, 0.3) is 0 Å². The standard InChI is InChI=1S/C20H21BrN4O3/c21-14-7-5-13(6-8-14)11-25-17(9-10-22-25)23-18(26)12-24-19(27)15-3-1-2-4-16(15)20(24)28/h5-10,15-16H,1-4,11-12H2,(H,23,26)/t15-,16-/m0/s1. The fourth-order valence-corrected chi connectivity index (χ4v) is 4.30. The molecule has 3 amide bonds. The number of nitrogens with zero attached hydrogens (tertiary/aromatic N) is 3. The number of benzene rings is 1. The van der Waals surface area contributed by atoms with Crippen LogP contribution in [0.4, 0.5) is 5.82 Å². The summed E-state index contributed by atoms with van der Waals surface area (Å²) in [6.45, 7) is 0.260. The number of amides is 3. The van der Waals surface area contributed by atoms with Gasteiger partial charge in [0.05, 0.1) is 24.6 Å². The van der Waals surface area contributed by atoms with Crippen LogP contribution < -0.4 is 5.32 Å². The Morgan fingerprint density at radius 2 is 1.71 bits per heavy atom. The Hall–Kier alpha value is -2.48. The Morgan fingerprint density at radius 3 is 2.36 bits per heavy atom. The second-order valence-corrected chi connectivity index (χ2v) is 8.22. The first-order valence-electron chi connectivity index (χ1n) is 9.44. The number of hydrogen-bond donors (Lipinski definition) is 1. The number of carbonyl (C=O) groups is 3. The third-order valence-electron chi connectivity index (χ3n) is 5.46. The zero-order valence-electron chi connectivity index (χ0n) is 15.3. The minimum absolute atomic E-state index is 0.201. The fraction of sp³-hybridized carbons (Fsp3) is 0.400. The summed E-state index contributed by atoms with van der Waals surface area (Å²) in [6.07, 6.45) is 5.03. The molecular weight excluding hydrogens is 424 g/mol. The van der Waals surface area contributed by atoms with Gasteiger partial charge in [0.15, 0.2) is 0 Å². The highest BCUT2D eigenvalue weighted by Gasteiger charge is 2.48. The molecule has 2 fully saturated rings. The molecule has 0 spiro atoms. The lowest BCUT2D eigenvalue weighted by atomic mass is 9.81. The molecule has 1 saturated carbocycles. The van der Waals surface area contributed by atoms with E-state index in [0.29, 0.717) is 12.4 Å². The second-order valence-electron chi connectivity index (χ2n) is 7.31. The number of nitrogens with one attached hydrogen (secondary N) is 1. The minimum atomic E-state index is -0.391. The van der Waals surface area contributed by atoms with Gasteiger partial charge in [0, 0.05) is 10.5 Å². The van der Waals surface area contributed by atoms with Gasteiger partial charge in [0.25, 0.3) is 0 Å². The lowest BCUT2D eigenvalue weighted by Gasteiger charge is -2.19. The van der Waals surface area contributed by atoms with E-state index in [1.54, 1.807) is 16.9 Å². The molecule has 2 heterocycles. The van der Waals surface area contributed by atoms with Crippen LogP contribution in [-0.4, -0.2) is 38.9 Å². The zero-order chi connectivity index (χ0) is 19.7. The molecule has 1 saturated heterocycles. The third kappa shape index (κ3) is 3.73. The third-order valence-corrected chi connectivity index (χ3v) is 5.99. The Morgan fingerprint density at radius 1 is 1.07 bits per heavy atom. The number of likely N-dealkylation sites (tertiary alicyclic amines) is 1. The maximum Gasteiger partial charge on any atom is 0.245 e. The van der Waals surface area contributed by atoms with E-state index in [1.807, 2.05) is 24.3 Å². The molecule has 0 bridgehead atoms. The van der Waals surface area contributed by atoms with E-state index in [1.165, 1.54) is 0 Å². The summed E-state index contributed by atoms with van der Waals surface area (Å²) in [7, 11) is 0. The van der Waals surface area contributed by atoms with Gasteiger partial charge < -0.3 is 5.32 Å². The van der Waals surface area contributed by atoms with Crippen molar-refractivity contribution < 1.29 is 14.4 Å². The average Bonchev–Trinajstić information content (AvgIpc) is 3.22. The number of rotatable bonds is 5. The number of fused-ring (bicyclic) bond motifs is 1. The molecule has 7 nitrogen and oxygen atoms in total.